The number of fused-ring (bicyclic) bond motifs is 2. The number of amides is 2. The summed E-state index contributed by atoms with van der Waals surface area (Å²) in [4.78, 5) is 55.3. The van der Waals surface area contributed by atoms with Crippen molar-refractivity contribution in [1.29, 1.82) is 0 Å². The van der Waals surface area contributed by atoms with E-state index < -0.39 is 47.5 Å². The normalized spacial score (nSPS) is 13.6. The molecule has 10 nitrogen and oxygen atoms in total. The quantitative estimate of drug-likeness (QED) is 0.149. The molecule has 4 rings (SSSR count). The minimum Gasteiger partial charge on any atom is -0.481 e. The zero-order valence-electron chi connectivity index (χ0n) is 19.6. The van der Waals surface area contributed by atoms with Gasteiger partial charge in [0.25, 0.3) is 0 Å². The zero-order valence-corrected chi connectivity index (χ0v) is 20.5. The summed E-state index contributed by atoms with van der Waals surface area (Å²) in [7, 11) is 0. The van der Waals surface area contributed by atoms with Crippen LogP contribution in [0.4, 0.5) is 0 Å². The Hall–Kier alpha value is -4.25. The van der Waals surface area contributed by atoms with Gasteiger partial charge >= 0.3 is 11.9 Å². The number of aromatic amines is 2. The Morgan fingerprint density at radius 2 is 1.27 bits per heavy atom. The first kappa shape index (κ1) is 25.8. The van der Waals surface area contributed by atoms with Crippen LogP contribution in [0.1, 0.15) is 17.5 Å². The Labute approximate surface area is 216 Å². The maximum Gasteiger partial charge on any atom is 0.326 e. The second-order valence-electron chi connectivity index (χ2n) is 8.70. The summed E-state index contributed by atoms with van der Waals surface area (Å²) in [5, 5.41) is 24.7. The van der Waals surface area contributed by atoms with Gasteiger partial charge in [-0.25, -0.2) is 4.79 Å². The minimum atomic E-state index is -1.48. The van der Waals surface area contributed by atoms with E-state index in [2.05, 4.69) is 33.2 Å². The number of aromatic nitrogens is 2. The molecule has 0 saturated carbocycles. The maximum absolute atomic E-state index is 12.9. The summed E-state index contributed by atoms with van der Waals surface area (Å²) in [5.41, 5.74) is 3.24. The van der Waals surface area contributed by atoms with Crippen LogP contribution in [0.5, 0.6) is 0 Å². The van der Waals surface area contributed by atoms with Gasteiger partial charge in [-0.3, -0.25) is 14.4 Å². The second-order valence-corrected chi connectivity index (χ2v) is 9.32. The van der Waals surface area contributed by atoms with Crippen molar-refractivity contribution >= 4 is 58.2 Å². The van der Waals surface area contributed by atoms with Gasteiger partial charge in [0.05, 0.1) is 11.7 Å². The molecule has 2 aromatic carbocycles. The molecule has 0 fully saturated rings. The van der Waals surface area contributed by atoms with E-state index in [-0.39, 0.29) is 12.8 Å². The molecule has 0 bridgehead atoms. The van der Waals surface area contributed by atoms with Crippen molar-refractivity contribution in [3.05, 3.63) is 72.1 Å². The highest BCUT2D eigenvalue weighted by Gasteiger charge is 2.30. The number of thiol groups is 1. The van der Waals surface area contributed by atoms with Crippen LogP contribution >= 0.6 is 12.6 Å². The fourth-order valence-corrected chi connectivity index (χ4v) is 4.52. The Morgan fingerprint density at radius 1 is 0.757 bits per heavy atom. The molecule has 2 heterocycles. The van der Waals surface area contributed by atoms with E-state index in [1.807, 2.05) is 48.5 Å². The number of carbonyl (C=O) groups is 4. The highest BCUT2D eigenvalue weighted by molar-refractivity contribution is 7.81. The molecule has 4 aromatic rings. The van der Waals surface area contributed by atoms with E-state index in [0.717, 1.165) is 27.4 Å². The number of para-hydroxylation sites is 2. The molecule has 0 aliphatic carbocycles. The summed E-state index contributed by atoms with van der Waals surface area (Å²) < 4.78 is 0. The Morgan fingerprint density at radius 3 is 1.81 bits per heavy atom. The van der Waals surface area contributed by atoms with Gasteiger partial charge in [-0.1, -0.05) is 36.4 Å². The van der Waals surface area contributed by atoms with E-state index in [1.54, 1.807) is 12.4 Å². The van der Waals surface area contributed by atoms with Gasteiger partial charge < -0.3 is 30.8 Å². The van der Waals surface area contributed by atoms with Gasteiger partial charge in [-0.15, -0.1) is 0 Å². The highest BCUT2D eigenvalue weighted by atomic mass is 32.1. The summed E-state index contributed by atoms with van der Waals surface area (Å²) in [6.07, 6.45) is 2.92. The van der Waals surface area contributed by atoms with Gasteiger partial charge in [0.15, 0.2) is 0 Å². The summed E-state index contributed by atoms with van der Waals surface area (Å²) >= 11 is 4.36. The number of carbonyl (C=O) groups excluding carboxylic acids is 2. The average Bonchev–Trinajstić information content (AvgIpc) is 3.47. The number of nitrogens with one attached hydrogen (secondary N) is 4. The lowest BCUT2D eigenvalue weighted by molar-refractivity contribution is -0.143. The molecule has 192 valence electrons. The molecule has 0 radical (unpaired) electrons. The number of benzene rings is 2. The Bertz CT molecular complexity index is 1460. The van der Waals surface area contributed by atoms with Crippen LogP contribution in [-0.4, -0.2) is 61.3 Å². The number of aliphatic carboxylic acids is 2. The first-order chi connectivity index (χ1) is 17.7. The molecule has 1 unspecified atom stereocenters. The zero-order chi connectivity index (χ0) is 26.5. The first-order valence-electron chi connectivity index (χ1n) is 11.6. The third kappa shape index (κ3) is 6.12. The summed E-state index contributed by atoms with van der Waals surface area (Å²) in [6, 6.07) is 12.1. The van der Waals surface area contributed by atoms with Gasteiger partial charge in [-0.2, -0.15) is 12.6 Å². The van der Waals surface area contributed by atoms with Crippen molar-refractivity contribution in [2.24, 2.45) is 0 Å². The standard InChI is InChI=1S/C26H26N4O6S/c31-23(32)11-20(29-25(34)22(37)10-15-13-28-19-8-4-2-6-17(15)19)24(33)30-21(26(35)36)9-14-12-27-18-7-3-1-5-16(14)18/h1-8,12-13,20-22,27-28,37H,9-11H2,(H,29,34)(H,30,33)(H,31,32)(H,35,36)/t20?,21-,22-/m0/s1. The van der Waals surface area contributed by atoms with E-state index in [0.29, 0.717) is 5.56 Å². The van der Waals surface area contributed by atoms with Crippen LogP contribution in [0.15, 0.2) is 60.9 Å². The number of carboxylic acids is 2. The van der Waals surface area contributed by atoms with Crippen LogP contribution < -0.4 is 10.6 Å². The van der Waals surface area contributed by atoms with Crippen molar-refractivity contribution < 1.29 is 29.4 Å². The lowest BCUT2D eigenvalue weighted by atomic mass is 10.0. The molecule has 0 saturated heterocycles. The average molecular weight is 523 g/mol. The van der Waals surface area contributed by atoms with E-state index in [9.17, 15) is 29.4 Å². The molecule has 11 heteroatoms. The fraction of sp³-hybridized carbons (Fsp3) is 0.231. The number of carboxylic acid groups (broad SMARTS) is 2. The second kappa shape index (κ2) is 11.2. The third-order valence-corrected chi connectivity index (χ3v) is 6.53. The third-order valence-electron chi connectivity index (χ3n) is 6.12. The summed E-state index contributed by atoms with van der Waals surface area (Å²) in [5.74, 6) is -4.16. The van der Waals surface area contributed by atoms with Crippen molar-refractivity contribution in [1.82, 2.24) is 20.6 Å². The SMILES string of the molecule is O=C(O)CC(NC(=O)[C@@H](S)Cc1c[nH]c2ccccc12)C(=O)N[C@@H](Cc1c[nH]c2ccccc12)C(=O)O. The van der Waals surface area contributed by atoms with Gasteiger partial charge in [0.2, 0.25) is 11.8 Å². The molecular formula is C26H26N4O6S. The topological polar surface area (TPSA) is 164 Å². The number of H-pyrrole nitrogens is 2. The maximum atomic E-state index is 12.9. The molecule has 0 aliphatic heterocycles. The Kier molecular flexibility index (Phi) is 7.83. The molecule has 37 heavy (non-hydrogen) atoms. The number of hydrogen-bond donors (Lipinski definition) is 7. The van der Waals surface area contributed by atoms with E-state index in [4.69, 9.17) is 0 Å². The van der Waals surface area contributed by atoms with Crippen molar-refractivity contribution in [2.75, 3.05) is 0 Å². The van der Waals surface area contributed by atoms with E-state index >= 15 is 0 Å². The minimum absolute atomic E-state index is 0.0332. The smallest absolute Gasteiger partial charge is 0.326 e. The monoisotopic (exact) mass is 522 g/mol. The van der Waals surface area contributed by atoms with Crippen molar-refractivity contribution in [2.45, 2.75) is 36.6 Å². The molecule has 2 aromatic heterocycles. The van der Waals surface area contributed by atoms with E-state index in [1.165, 1.54) is 0 Å². The predicted molar refractivity (Wildman–Crippen MR) is 141 cm³/mol. The van der Waals surface area contributed by atoms with Crippen LogP contribution in [0.3, 0.4) is 0 Å². The first-order valence-corrected chi connectivity index (χ1v) is 12.1. The fourth-order valence-electron chi connectivity index (χ4n) is 4.25. The lowest BCUT2D eigenvalue weighted by Crippen LogP contribution is -2.54. The molecule has 2 amide bonds. The van der Waals surface area contributed by atoms with Gasteiger partial charge in [0, 0.05) is 40.6 Å². The van der Waals surface area contributed by atoms with Gasteiger partial charge in [0.1, 0.15) is 12.1 Å². The van der Waals surface area contributed by atoms with Crippen molar-refractivity contribution in [3.63, 3.8) is 0 Å². The molecular weight excluding hydrogens is 496 g/mol. The van der Waals surface area contributed by atoms with Crippen LogP contribution in [-0.2, 0) is 32.0 Å². The molecule has 0 spiro atoms. The van der Waals surface area contributed by atoms with Crippen LogP contribution in [0.25, 0.3) is 21.8 Å². The predicted octanol–water partition coefficient (Wildman–Crippen LogP) is 2.26. The van der Waals surface area contributed by atoms with Crippen molar-refractivity contribution in [3.8, 4) is 0 Å². The van der Waals surface area contributed by atoms with Gasteiger partial charge in [-0.05, 0) is 29.7 Å². The molecule has 6 N–H and O–H groups in total. The molecule has 3 atom stereocenters. The largest absolute Gasteiger partial charge is 0.481 e. The number of hydrogen-bond acceptors (Lipinski definition) is 5. The Balaban J connectivity index is 1.44. The van der Waals surface area contributed by atoms with Crippen LogP contribution in [0.2, 0.25) is 0 Å². The number of rotatable bonds is 11. The lowest BCUT2D eigenvalue weighted by Gasteiger charge is -2.21. The summed E-state index contributed by atoms with van der Waals surface area (Å²) in [6.45, 7) is 0. The molecule has 0 aliphatic rings. The van der Waals surface area contributed by atoms with Crippen LogP contribution in [0, 0.1) is 0 Å². The highest BCUT2D eigenvalue weighted by Crippen LogP contribution is 2.21.